The Kier molecular flexibility index (Phi) is 3.97. The van der Waals surface area contributed by atoms with Gasteiger partial charge >= 0.3 is 0 Å². The average Bonchev–Trinajstić information content (AvgIpc) is 2.69. The van der Waals surface area contributed by atoms with E-state index in [1.165, 1.54) is 0 Å². The predicted molar refractivity (Wildman–Crippen MR) is 104 cm³/mol. The maximum absolute atomic E-state index is 6.29. The highest BCUT2D eigenvalue weighted by Crippen LogP contribution is 2.25. The number of amidine groups is 1. The number of benzene rings is 3. The minimum atomic E-state index is 0.495. The van der Waals surface area contributed by atoms with Gasteiger partial charge in [0.25, 0.3) is 0 Å². The molecule has 0 aliphatic rings. The van der Waals surface area contributed by atoms with Crippen molar-refractivity contribution in [2.24, 2.45) is 10.7 Å². The van der Waals surface area contributed by atoms with Gasteiger partial charge in [-0.2, -0.15) is 0 Å². The fraction of sp³-hybridized carbons (Fsp3) is 0. The van der Waals surface area contributed by atoms with Gasteiger partial charge in [-0.15, -0.1) is 0 Å². The van der Waals surface area contributed by atoms with Gasteiger partial charge in [0.05, 0.1) is 11.2 Å². The Morgan fingerprint density at radius 2 is 1.56 bits per heavy atom. The Labute approximate surface area is 146 Å². The summed E-state index contributed by atoms with van der Waals surface area (Å²) in [6.45, 7) is 0. The summed E-state index contributed by atoms with van der Waals surface area (Å²) in [4.78, 5) is 9.01. The van der Waals surface area contributed by atoms with Crippen LogP contribution in [0.25, 0.3) is 22.0 Å². The number of aromatic nitrogens is 1. The first-order valence-electron chi connectivity index (χ1n) is 8.15. The van der Waals surface area contributed by atoms with E-state index in [-0.39, 0.29) is 0 Å². The number of nitrogens with zero attached hydrogens (tertiary/aromatic N) is 2. The van der Waals surface area contributed by atoms with Crippen LogP contribution >= 0.6 is 0 Å². The molecular formula is C22H17N3. The van der Waals surface area contributed by atoms with Crippen molar-refractivity contribution in [2.45, 2.75) is 0 Å². The Hall–Kier alpha value is -3.46. The molecule has 120 valence electrons. The Morgan fingerprint density at radius 3 is 2.44 bits per heavy atom. The van der Waals surface area contributed by atoms with Gasteiger partial charge in [-0.3, -0.25) is 4.98 Å². The van der Waals surface area contributed by atoms with Crippen molar-refractivity contribution in [3.8, 4) is 11.1 Å². The summed E-state index contributed by atoms with van der Waals surface area (Å²) in [5, 5.41) is 0.993. The predicted octanol–water partition coefficient (Wildman–Crippen LogP) is 4.94. The summed E-state index contributed by atoms with van der Waals surface area (Å²) >= 11 is 0. The van der Waals surface area contributed by atoms with Crippen LogP contribution < -0.4 is 5.73 Å². The van der Waals surface area contributed by atoms with Crippen LogP contribution in [0.15, 0.2) is 96.1 Å². The summed E-state index contributed by atoms with van der Waals surface area (Å²) in [5.41, 5.74) is 11.2. The van der Waals surface area contributed by atoms with Gasteiger partial charge in [0.15, 0.2) is 0 Å². The fourth-order valence-electron chi connectivity index (χ4n) is 2.87. The molecule has 0 radical (unpaired) electrons. The maximum Gasteiger partial charge on any atom is 0.131 e. The molecule has 3 heteroatoms. The molecule has 3 nitrogen and oxygen atoms in total. The zero-order valence-electron chi connectivity index (χ0n) is 13.6. The maximum atomic E-state index is 6.29. The largest absolute Gasteiger partial charge is 0.383 e. The third-order valence-electron chi connectivity index (χ3n) is 4.13. The third-order valence-corrected chi connectivity index (χ3v) is 4.13. The molecule has 0 atom stereocenters. The third kappa shape index (κ3) is 3.12. The second kappa shape index (κ2) is 6.57. The average molecular weight is 323 g/mol. The normalized spacial score (nSPS) is 11.6. The van der Waals surface area contributed by atoms with E-state index in [1.807, 2.05) is 60.7 Å². The summed E-state index contributed by atoms with van der Waals surface area (Å²) in [6, 6.07) is 28.2. The summed E-state index contributed by atoms with van der Waals surface area (Å²) in [6.07, 6.45) is 1.78. The van der Waals surface area contributed by atoms with E-state index in [9.17, 15) is 0 Å². The minimum Gasteiger partial charge on any atom is -0.383 e. The summed E-state index contributed by atoms with van der Waals surface area (Å²) in [7, 11) is 0. The lowest BCUT2D eigenvalue weighted by Gasteiger charge is -2.07. The van der Waals surface area contributed by atoms with Gasteiger partial charge in [-0.05, 0) is 41.5 Å². The van der Waals surface area contributed by atoms with Gasteiger partial charge in [-0.1, -0.05) is 54.6 Å². The van der Waals surface area contributed by atoms with Crippen LogP contribution in [0.5, 0.6) is 0 Å². The smallest absolute Gasteiger partial charge is 0.131 e. The highest BCUT2D eigenvalue weighted by Gasteiger charge is 2.05. The number of rotatable bonds is 3. The Morgan fingerprint density at radius 1 is 0.760 bits per heavy atom. The van der Waals surface area contributed by atoms with Crippen LogP contribution in [0.4, 0.5) is 5.69 Å². The molecule has 0 saturated carbocycles. The van der Waals surface area contributed by atoms with Crippen LogP contribution in [0.3, 0.4) is 0 Å². The molecule has 0 spiro atoms. The van der Waals surface area contributed by atoms with E-state index in [0.717, 1.165) is 33.3 Å². The van der Waals surface area contributed by atoms with Crippen LogP contribution in [-0.4, -0.2) is 10.8 Å². The van der Waals surface area contributed by atoms with Gasteiger partial charge in [0.1, 0.15) is 5.84 Å². The van der Waals surface area contributed by atoms with Crippen molar-refractivity contribution in [3.05, 3.63) is 96.7 Å². The SMILES string of the molecule is NC(=Nc1cccc2ncccc12)c1cccc(-c2ccccc2)c1. The van der Waals surface area contributed by atoms with Crippen molar-refractivity contribution in [2.75, 3.05) is 0 Å². The number of hydrogen-bond acceptors (Lipinski definition) is 2. The molecule has 4 rings (SSSR count). The summed E-state index contributed by atoms with van der Waals surface area (Å²) in [5.74, 6) is 0.495. The van der Waals surface area contributed by atoms with E-state index >= 15 is 0 Å². The zero-order valence-corrected chi connectivity index (χ0v) is 13.6. The zero-order chi connectivity index (χ0) is 17.1. The van der Waals surface area contributed by atoms with E-state index in [4.69, 9.17) is 5.73 Å². The molecule has 0 aliphatic heterocycles. The monoisotopic (exact) mass is 323 g/mol. The van der Waals surface area contributed by atoms with E-state index < -0.39 is 0 Å². The van der Waals surface area contributed by atoms with Gasteiger partial charge in [-0.25, -0.2) is 4.99 Å². The summed E-state index contributed by atoms with van der Waals surface area (Å²) < 4.78 is 0. The van der Waals surface area contributed by atoms with Crippen molar-refractivity contribution >= 4 is 22.4 Å². The number of fused-ring (bicyclic) bond motifs is 1. The minimum absolute atomic E-state index is 0.495. The van der Waals surface area contributed by atoms with Crippen molar-refractivity contribution in [3.63, 3.8) is 0 Å². The van der Waals surface area contributed by atoms with Gasteiger partial charge in [0, 0.05) is 17.1 Å². The van der Waals surface area contributed by atoms with Crippen molar-refractivity contribution < 1.29 is 0 Å². The van der Waals surface area contributed by atoms with E-state index in [0.29, 0.717) is 5.84 Å². The molecule has 2 N–H and O–H groups in total. The fourth-order valence-corrected chi connectivity index (χ4v) is 2.87. The van der Waals surface area contributed by atoms with Crippen molar-refractivity contribution in [1.29, 1.82) is 0 Å². The second-order valence-electron chi connectivity index (χ2n) is 5.79. The molecule has 4 aromatic rings. The lowest BCUT2D eigenvalue weighted by molar-refractivity contribution is 1.40. The number of nitrogens with two attached hydrogens (primary N) is 1. The molecule has 1 aromatic heterocycles. The van der Waals surface area contributed by atoms with E-state index in [1.54, 1.807) is 6.20 Å². The van der Waals surface area contributed by atoms with Crippen LogP contribution in [-0.2, 0) is 0 Å². The van der Waals surface area contributed by atoms with Crippen molar-refractivity contribution in [1.82, 2.24) is 4.98 Å². The molecule has 0 saturated heterocycles. The highest BCUT2D eigenvalue weighted by molar-refractivity contribution is 6.02. The highest BCUT2D eigenvalue weighted by atomic mass is 14.9. The molecule has 0 amide bonds. The van der Waals surface area contributed by atoms with Crippen LogP contribution in [0.2, 0.25) is 0 Å². The standard InChI is InChI=1S/C22H17N3/c23-22(25-21-13-5-12-20-19(21)11-6-14-24-20)18-10-4-9-17(15-18)16-7-2-1-3-8-16/h1-15H,(H2,23,25). The molecule has 0 aliphatic carbocycles. The number of hydrogen-bond donors (Lipinski definition) is 1. The number of pyridine rings is 1. The topological polar surface area (TPSA) is 51.3 Å². The van der Waals surface area contributed by atoms with Crippen LogP contribution in [0.1, 0.15) is 5.56 Å². The molecule has 25 heavy (non-hydrogen) atoms. The molecular weight excluding hydrogens is 306 g/mol. The first-order chi connectivity index (χ1) is 12.3. The molecule has 3 aromatic carbocycles. The molecule has 0 fully saturated rings. The molecule has 0 unspecified atom stereocenters. The lowest BCUT2D eigenvalue weighted by atomic mass is 10.0. The molecule has 0 bridgehead atoms. The van der Waals surface area contributed by atoms with Crippen LogP contribution in [0, 0.1) is 0 Å². The quantitative estimate of drug-likeness (QED) is 0.429. The van der Waals surface area contributed by atoms with E-state index in [2.05, 4.69) is 34.2 Å². The Bertz CT molecular complexity index is 1050. The second-order valence-corrected chi connectivity index (χ2v) is 5.79. The first kappa shape index (κ1) is 15.1. The number of aliphatic imine (C=N–C) groups is 1. The molecule has 1 heterocycles. The first-order valence-corrected chi connectivity index (χ1v) is 8.15. The Balaban J connectivity index is 1.76. The lowest BCUT2D eigenvalue weighted by Crippen LogP contribution is -2.12. The van der Waals surface area contributed by atoms with Gasteiger partial charge < -0.3 is 5.73 Å². The van der Waals surface area contributed by atoms with Gasteiger partial charge in [0.2, 0.25) is 0 Å².